The predicted molar refractivity (Wildman–Crippen MR) is 75.5 cm³/mol. The summed E-state index contributed by atoms with van der Waals surface area (Å²) in [5.74, 6) is -0.864. The van der Waals surface area contributed by atoms with Crippen LogP contribution in [0, 0.1) is 5.41 Å². The molecule has 116 valence electrons. The molecule has 1 fully saturated rings. The molecular formula is C14H26N2O4. The molecule has 0 radical (unpaired) electrons. The fraction of sp³-hybridized carbons (Fsp3) is 0.857. The molecule has 0 heterocycles. The van der Waals surface area contributed by atoms with Crippen molar-refractivity contribution in [2.24, 2.45) is 5.41 Å². The lowest BCUT2D eigenvalue weighted by Gasteiger charge is -2.40. The maximum atomic E-state index is 11.6. The van der Waals surface area contributed by atoms with Crippen molar-refractivity contribution >= 4 is 12.0 Å². The van der Waals surface area contributed by atoms with E-state index >= 15 is 0 Å². The second-order valence-corrected chi connectivity index (χ2v) is 6.23. The van der Waals surface area contributed by atoms with Crippen LogP contribution in [-0.4, -0.2) is 40.9 Å². The van der Waals surface area contributed by atoms with Crippen LogP contribution in [0.5, 0.6) is 0 Å². The molecule has 0 aromatic heterocycles. The first kappa shape index (κ1) is 16.8. The van der Waals surface area contributed by atoms with Gasteiger partial charge in [-0.25, -0.2) is 4.79 Å². The first-order valence-electron chi connectivity index (χ1n) is 7.23. The number of hydrogen-bond donors (Lipinski definition) is 4. The van der Waals surface area contributed by atoms with Crippen molar-refractivity contribution in [3.05, 3.63) is 0 Å². The highest BCUT2D eigenvalue weighted by Crippen LogP contribution is 2.43. The SMILES string of the molecule is CC(C)(CNC(=O)NCCCC(=O)O)C1(O)CCCC1. The van der Waals surface area contributed by atoms with Gasteiger partial charge in [-0.3, -0.25) is 4.79 Å². The van der Waals surface area contributed by atoms with Crippen molar-refractivity contribution in [1.82, 2.24) is 10.6 Å². The maximum Gasteiger partial charge on any atom is 0.314 e. The monoisotopic (exact) mass is 286 g/mol. The number of rotatable bonds is 7. The number of urea groups is 1. The van der Waals surface area contributed by atoms with Crippen molar-refractivity contribution in [2.75, 3.05) is 13.1 Å². The molecule has 0 saturated heterocycles. The molecule has 6 heteroatoms. The molecule has 0 atom stereocenters. The Bertz CT molecular complexity index is 349. The van der Waals surface area contributed by atoms with Crippen LogP contribution in [-0.2, 0) is 4.79 Å². The molecule has 2 amide bonds. The molecule has 0 aromatic carbocycles. The zero-order valence-electron chi connectivity index (χ0n) is 12.4. The topological polar surface area (TPSA) is 98.7 Å². The van der Waals surface area contributed by atoms with Gasteiger partial charge in [-0.05, 0) is 19.3 Å². The summed E-state index contributed by atoms with van der Waals surface area (Å²) in [6, 6.07) is -0.315. The Kier molecular flexibility index (Phi) is 5.80. The lowest BCUT2D eigenvalue weighted by molar-refractivity contribution is -0.137. The van der Waals surface area contributed by atoms with Crippen LogP contribution in [0.2, 0.25) is 0 Å². The van der Waals surface area contributed by atoms with Crippen LogP contribution in [0.25, 0.3) is 0 Å². The molecule has 0 unspecified atom stereocenters. The first-order chi connectivity index (χ1) is 9.27. The van der Waals surface area contributed by atoms with Crippen LogP contribution >= 0.6 is 0 Å². The molecule has 0 aliphatic heterocycles. The van der Waals surface area contributed by atoms with Gasteiger partial charge < -0.3 is 20.8 Å². The minimum Gasteiger partial charge on any atom is -0.481 e. The van der Waals surface area contributed by atoms with Gasteiger partial charge in [0.1, 0.15) is 0 Å². The molecule has 1 aliphatic carbocycles. The number of carboxylic acid groups (broad SMARTS) is 1. The van der Waals surface area contributed by atoms with E-state index in [0.29, 0.717) is 19.5 Å². The molecule has 0 bridgehead atoms. The van der Waals surface area contributed by atoms with E-state index in [2.05, 4.69) is 10.6 Å². The number of carbonyl (C=O) groups is 2. The Labute approximate surface area is 119 Å². The van der Waals surface area contributed by atoms with Crippen LogP contribution in [0.1, 0.15) is 52.4 Å². The van der Waals surface area contributed by atoms with Crippen molar-refractivity contribution < 1.29 is 19.8 Å². The number of aliphatic carboxylic acids is 1. The van der Waals surface area contributed by atoms with Crippen molar-refractivity contribution in [1.29, 1.82) is 0 Å². The highest BCUT2D eigenvalue weighted by atomic mass is 16.4. The van der Waals surface area contributed by atoms with E-state index in [1.807, 2.05) is 13.8 Å². The molecule has 4 N–H and O–H groups in total. The van der Waals surface area contributed by atoms with Crippen LogP contribution in [0.15, 0.2) is 0 Å². The number of amides is 2. The summed E-state index contributed by atoms with van der Waals surface area (Å²) in [5.41, 5.74) is -1.08. The summed E-state index contributed by atoms with van der Waals surface area (Å²) in [6.07, 6.45) is 4.08. The summed E-state index contributed by atoms with van der Waals surface area (Å²) >= 11 is 0. The summed E-state index contributed by atoms with van der Waals surface area (Å²) in [6.45, 7) is 4.66. The van der Waals surface area contributed by atoms with Crippen molar-refractivity contribution in [2.45, 2.75) is 58.0 Å². The molecule has 0 spiro atoms. The Morgan fingerprint density at radius 1 is 1.20 bits per heavy atom. The molecule has 1 aliphatic rings. The summed E-state index contributed by atoms with van der Waals surface area (Å²) in [4.78, 5) is 21.9. The van der Waals surface area contributed by atoms with Gasteiger partial charge in [0.25, 0.3) is 0 Å². The smallest absolute Gasteiger partial charge is 0.314 e. The molecule has 20 heavy (non-hydrogen) atoms. The van der Waals surface area contributed by atoms with E-state index in [1.54, 1.807) is 0 Å². The Hall–Kier alpha value is -1.30. The van der Waals surface area contributed by atoms with Crippen LogP contribution in [0.3, 0.4) is 0 Å². The normalized spacial score (nSPS) is 17.8. The maximum absolute atomic E-state index is 11.6. The zero-order valence-corrected chi connectivity index (χ0v) is 12.4. The molecule has 0 aromatic rings. The van der Waals surface area contributed by atoms with E-state index < -0.39 is 11.6 Å². The van der Waals surface area contributed by atoms with Gasteiger partial charge in [0.15, 0.2) is 0 Å². The van der Waals surface area contributed by atoms with Gasteiger partial charge in [-0.2, -0.15) is 0 Å². The zero-order chi connectivity index (χ0) is 15.2. The third kappa shape index (κ3) is 4.67. The van der Waals surface area contributed by atoms with Gasteiger partial charge in [0, 0.05) is 24.9 Å². The number of nitrogens with one attached hydrogen (secondary N) is 2. The highest BCUT2D eigenvalue weighted by Gasteiger charge is 2.45. The summed E-state index contributed by atoms with van der Waals surface area (Å²) in [5, 5.41) is 24.4. The second-order valence-electron chi connectivity index (χ2n) is 6.23. The molecule has 6 nitrogen and oxygen atoms in total. The van der Waals surface area contributed by atoms with Crippen LogP contribution < -0.4 is 10.6 Å². The van der Waals surface area contributed by atoms with Gasteiger partial charge in [-0.15, -0.1) is 0 Å². The molecule has 1 saturated carbocycles. The minimum absolute atomic E-state index is 0.0471. The van der Waals surface area contributed by atoms with E-state index in [-0.39, 0.29) is 17.9 Å². The number of hydrogen-bond acceptors (Lipinski definition) is 3. The minimum atomic E-state index is -0.864. The number of carboxylic acids is 1. The third-order valence-electron chi connectivity index (χ3n) is 4.23. The molecule has 1 rings (SSSR count). The fourth-order valence-corrected chi connectivity index (χ4v) is 2.61. The quantitative estimate of drug-likeness (QED) is 0.533. The highest BCUT2D eigenvalue weighted by molar-refractivity contribution is 5.74. The summed E-state index contributed by atoms with van der Waals surface area (Å²) < 4.78 is 0. The Balaban J connectivity index is 2.27. The standard InChI is InChI=1S/C14H26N2O4/c1-13(2,14(20)7-3-4-8-14)10-16-12(19)15-9-5-6-11(17)18/h20H,3-10H2,1-2H3,(H,17,18)(H2,15,16,19). The van der Waals surface area contributed by atoms with E-state index in [0.717, 1.165) is 25.7 Å². The van der Waals surface area contributed by atoms with E-state index in [4.69, 9.17) is 5.11 Å². The first-order valence-corrected chi connectivity index (χ1v) is 7.23. The largest absolute Gasteiger partial charge is 0.481 e. The summed E-state index contributed by atoms with van der Waals surface area (Å²) in [7, 11) is 0. The lowest BCUT2D eigenvalue weighted by Crippen LogP contribution is -2.51. The molecular weight excluding hydrogens is 260 g/mol. The number of aliphatic hydroxyl groups is 1. The fourth-order valence-electron chi connectivity index (χ4n) is 2.61. The second kappa shape index (κ2) is 6.92. The van der Waals surface area contributed by atoms with Gasteiger partial charge in [0.05, 0.1) is 5.60 Å². The third-order valence-corrected chi connectivity index (χ3v) is 4.23. The van der Waals surface area contributed by atoms with Crippen molar-refractivity contribution in [3.8, 4) is 0 Å². The Morgan fingerprint density at radius 2 is 1.80 bits per heavy atom. The average molecular weight is 286 g/mol. The van der Waals surface area contributed by atoms with Crippen LogP contribution in [0.4, 0.5) is 4.79 Å². The predicted octanol–water partition coefficient (Wildman–Crippen LogP) is 1.48. The van der Waals surface area contributed by atoms with E-state index in [1.165, 1.54) is 0 Å². The van der Waals surface area contributed by atoms with Gasteiger partial charge >= 0.3 is 12.0 Å². The Morgan fingerprint density at radius 3 is 2.35 bits per heavy atom. The van der Waals surface area contributed by atoms with Gasteiger partial charge in [0.2, 0.25) is 0 Å². The van der Waals surface area contributed by atoms with E-state index in [9.17, 15) is 14.7 Å². The average Bonchev–Trinajstić information content (AvgIpc) is 2.81. The lowest BCUT2D eigenvalue weighted by atomic mass is 9.73. The van der Waals surface area contributed by atoms with Gasteiger partial charge in [-0.1, -0.05) is 26.7 Å². The van der Waals surface area contributed by atoms with Crippen molar-refractivity contribution in [3.63, 3.8) is 0 Å². The number of carbonyl (C=O) groups excluding carboxylic acids is 1.